The van der Waals surface area contributed by atoms with Crippen molar-refractivity contribution < 1.29 is 52.3 Å². The zero-order chi connectivity index (χ0) is 52.9. The molecule has 3 aliphatic heterocycles. The fourth-order valence-corrected chi connectivity index (χ4v) is 11.0. The Balaban J connectivity index is 1.08. The summed E-state index contributed by atoms with van der Waals surface area (Å²) in [5, 5.41) is 3.53. The maximum absolute atomic E-state index is 14.2. The SMILES string of the molecule is C=Nc1cc(OCc2cc(COc3cc4c(cc3OC)C(=O)N3c5ccccc5CC3CN4)cc(N(CCOCCOCCOC)CC(C)(S)SCCCC(=O)OC)c2)c(OC)cc1C(=O)N1CCc2ccccc21. The lowest BCUT2D eigenvalue weighted by molar-refractivity contribution is -0.140. The molecular formula is C57H67N5O11S2. The first-order chi connectivity index (χ1) is 36.4. The van der Waals surface area contributed by atoms with Crippen LogP contribution in [0.4, 0.5) is 28.4 Å². The van der Waals surface area contributed by atoms with Crippen LogP contribution in [0.15, 0.2) is 96.0 Å². The van der Waals surface area contributed by atoms with Crippen LogP contribution in [0, 0.1) is 0 Å². The Kier molecular flexibility index (Phi) is 18.9. The number of esters is 1. The molecule has 0 spiro atoms. The van der Waals surface area contributed by atoms with Crippen molar-refractivity contribution in [3.63, 3.8) is 0 Å². The number of rotatable bonds is 27. The number of fused-ring (bicyclic) bond motifs is 5. The molecule has 2 unspecified atom stereocenters. The van der Waals surface area contributed by atoms with E-state index < -0.39 is 4.08 Å². The molecule has 0 saturated heterocycles. The second-order valence-electron chi connectivity index (χ2n) is 18.5. The van der Waals surface area contributed by atoms with Crippen LogP contribution < -0.4 is 39.0 Å². The Labute approximate surface area is 449 Å². The van der Waals surface area contributed by atoms with E-state index in [2.05, 4.69) is 47.0 Å². The first-order valence-electron chi connectivity index (χ1n) is 25.1. The van der Waals surface area contributed by atoms with Gasteiger partial charge in [-0.05, 0) is 103 Å². The van der Waals surface area contributed by atoms with Gasteiger partial charge in [-0.1, -0.05) is 36.4 Å². The number of para-hydroxylation sites is 2. The van der Waals surface area contributed by atoms with Crippen LogP contribution >= 0.6 is 24.4 Å². The number of aliphatic imine (C=N–C) groups is 1. The van der Waals surface area contributed by atoms with Gasteiger partial charge in [-0.25, -0.2) is 0 Å². The molecule has 16 nitrogen and oxygen atoms in total. The van der Waals surface area contributed by atoms with Crippen molar-refractivity contribution in [1.29, 1.82) is 0 Å². The Hall–Kier alpha value is -6.44. The number of carbonyl (C=O) groups is 3. The number of amides is 2. The number of hydrogen-bond donors (Lipinski definition) is 2. The molecule has 0 aromatic heterocycles. The van der Waals surface area contributed by atoms with Crippen molar-refractivity contribution in [2.45, 2.75) is 55.9 Å². The second-order valence-corrected chi connectivity index (χ2v) is 21.4. The second kappa shape index (κ2) is 25.9. The van der Waals surface area contributed by atoms with Gasteiger partial charge in [-0.15, -0.1) is 11.8 Å². The molecular weight excluding hydrogens is 995 g/mol. The molecule has 0 aliphatic carbocycles. The number of ether oxygens (including phenoxy) is 8. The third-order valence-electron chi connectivity index (χ3n) is 13.3. The highest BCUT2D eigenvalue weighted by Gasteiger charge is 2.38. The normalized spacial score (nSPS) is 15.1. The number of hydrogen-bond acceptors (Lipinski definition) is 16. The van der Waals surface area contributed by atoms with Crippen molar-refractivity contribution in [3.8, 4) is 23.0 Å². The summed E-state index contributed by atoms with van der Waals surface area (Å²) >= 11 is 6.82. The fourth-order valence-electron chi connectivity index (χ4n) is 9.59. The highest BCUT2D eigenvalue weighted by atomic mass is 32.2. The topological polar surface area (TPSA) is 159 Å². The van der Waals surface area contributed by atoms with Crippen molar-refractivity contribution in [1.82, 2.24) is 0 Å². The lowest BCUT2D eigenvalue weighted by Gasteiger charge is -2.34. The molecule has 2 atom stereocenters. The number of benzene rings is 5. The molecule has 2 amide bonds. The fraction of sp³-hybridized carbons (Fsp3) is 0.404. The highest BCUT2D eigenvalue weighted by Crippen LogP contribution is 2.42. The Bertz CT molecular complexity index is 2830. The zero-order valence-electron chi connectivity index (χ0n) is 43.4. The zero-order valence-corrected chi connectivity index (χ0v) is 45.1. The van der Waals surface area contributed by atoms with Crippen molar-refractivity contribution >= 4 is 77.3 Å². The van der Waals surface area contributed by atoms with Gasteiger partial charge in [0.05, 0.1) is 87.0 Å². The van der Waals surface area contributed by atoms with Crippen LogP contribution in [0.25, 0.3) is 0 Å². The smallest absolute Gasteiger partial charge is 0.305 e. The summed E-state index contributed by atoms with van der Waals surface area (Å²) in [4.78, 5) is 50.4. The van der Waals surface area contributed by atoms with E-state index in [1.165, 1.54) is 14.2 Å². The van der Waals surface area contributed by atoms with E-state index in [1.807, 2.05) is 59.5 Å². The summed E-state index contributed by atoms with van der Waals surface area (Å²) in [6, 6.07) is 29.0. The van der Waals surface area contributed by atoms with Crippen molar-refractivity contribution in [2.24, 2.45) is 4.99 Å². The van der Waals surface area contributed by atoms with Crippen LogP contribution in [0.3, 0.4) is 0 Å². The van der Waals surface area contributed by atoms with E-state index in [4.69, 9.17) is 50.5 Å². The number of nitrogens with zero attached hydrogens (tertiary/aromatic N) is 4. The van der Waals surface area contributed by atoms with Gasteiger partial charge in [-0.3, -0.25) is 19.4 Å². The average molecular weight is 1060 g/mol. The molecule has 0 bridgehead atoms. The van der Waals surface area contributed by atoms with Gasteiger partial charge < -0.3 is 57.9 Å². The minimum absolute atomic E-state index is 0.0332. The molecule has 8 rings (SSSR count). The largest absolute Gasteiger partial charge is 0.493 e. The molecule has 5 aromatic carbocycles. The lowest BCUT2D eigenvalue weighted by atomic mass is 10.1. The van der Waals surface area contributed by atoms with E-state index in [0.717, 1.165) is 52.2 Å². The molecule has 0 fully saturated rings. The lowest BCUT2D eigenvalue weighted by Crippen LogP contribution is -2.39. The number of carbonyl (C=O) groups excluding carboxylic acids is 3. The summed E-state index contributed by atoms with van der Waals surface area (Å²) in [6.07, 6.45) is 2.48. The van der Waals surface area contributed by atoms with E-state index in [1.54, 1.807) is 49.1 Å². The molecule has 1 N–H and O–H groups in total. The molecule has 3 heterocycles. The van der Waals surface area contributed by atoms with E-state index >= 15 is 0 Å². The van der Waals surface area contributed by atoms with Gasteiger partial charge >= 0.3 is 5.97 Å². The highest BCUT2D eigenvalue weighted by molar-refractivity contribution is 8.11. The third-order valence-corrected chi connectivity index (χ3v) is 15.1. The standard InChI is InChI=1S/C57H67N5O11S2/c1-57(74,75-25-11-16-54(63)69-6)37-60(19-20-70-23-24-71-22-21-66-3)42-27-38(35-72-52-32-46(58-2)44(30-50(52)67-4)55(64)61-18-17-40-12-7-9-14-48(40)61)26-39(28-42)36-73-53-33-47-45(31-51(53)68-5)56(65)62-43(34-59-47)29-41-13-8-10-15-49(41)62/h7-10,12-15,26-28,30-33,43,59,74H,2,11,16-25,29,34-37H2,1,3-6H3. The van der Waals surface area contributed by atoms with Gasteiger partial charge in [0.25, 0.3) is 11.8 Å². The first-order valence-corrected chi connectivity index (χ1v) is 26.5. The van der Waals surface area contributed by atoms with Gasteiger partial charge in [0.2, 0.25) is 0 Å². The Morgan fingerprint density at radius 3 is 2.20 bits per heavy atom. The summed E-state index contributed by atoms with van der Waals surface area (Å²) in [7, 11) is 6.14. The summed E-state index contributed by atoms with van der Waals surface area (Å²) in [5.74, 6) is 1.78. The van der Waals surface area contributed by atoms with Gasteiger partial charge in [0.15, 0.2) is 23.0 Å². The molecule has 398 valence electrons. The molecule has 18 heteroatoms. The van der Waals surface area contributed by atoms with E-state index in [0.29, 0.717) is 123 Å². The number of anilines is 4. The number of nitrogens with one attached hydrogen (secondary N) is 1. The number of methoxy groups -OCH3 is 4. The van der Waals surface area contributed by atoms with Crippen LogP contribution in [0.2, 0.25) is 0 Å². The van der Waals surface area contributed by atoms with E-state index in [9.17, 15) is 14.4 Å². The molecule has 3 aliphatic rings. The Morgan fingerprint density at radius 2 is 1.49 bits per heavy atom. The predicted octanol–water partition coefficient (Wildman–Crippen LogP) is 9.21. The summed E-state index contributed by atoms with van der Waals surface area (Å²) in [5.41, 5.74) is 8.43. The first kappa shape index (κ1) is 54.8. The molecule has 75 heavy (non-hydrogen) atoms. The van der Waals surface area contributed by atoms with Gasteiger partial charge in [0, 0.05) is 68.9 Å². The third kappa shape index (κ3) is 13.5. The van der Waals surface area contributed by atoms with Crippen molar-refractivity contribution in [2.75, 3.05) is 113 Å². The minimum Gasteiger partial charge on any atom is -0.493 e. The molecule has 0 radical (unpaired) electrons. The maximum Gasteiger partial charge on any atom is 0.305 e. The van der Waals surface area contributed by atoms with Crippen LogP contribution in [0.5, 0.6) is 23.0 Å². The van der Waals surface area contributed by atoms with Crippen molar-refractivity contribution in [3.05, 3.63) is 124 Å². The summed E-state index contributed by atoms with van der Waals surface area (Å²) < 4.78 is 46.1. The van der Waals surface area contributed by atoms with Gasteiger partial charge in [-0.2, -0.15) is 12.6 Å². The average Bonchev–Trinajstić information content (AvgIpc) is 4.01. The van der Waals surface area contributed by atoms with Crippen LogP contribution in [-0.4, -0.2) is 128 Å². The van der Waals surface area contributed by atoms with Crippen LogP contribution in [0.1, 0.15) is 62.7 Å². The number of thiol groups is 1. The van der Waals surface area contributed by atoms with E-state index in [-0.39, 0.29) is 37.0 Å². The monoisotopic (exact) mass is 1060 g/mol. The molecule has 0 saturated carbocycles. The summed E-state index contributed by atoms with van der Waals surface area (Å²) in [6.45, 7) is 10.4. The predicted molar refractivity (Wildman–Crippen MR) is 298 cm³/mol. The quantitative estimate of drug-likeness (QED) is 0.0169. The maximum atomic E-state index is 14.2. The number of thioether (sulfide) groups is 1. The van der Waals surface area contributed by atoms with Crippen LogP contribution in [-0.2, 0) is 49.8 Å². The molecule has 5 aromatic rings. The van der Waals surface area contributed by atoms with Gasteiger partial charge in [0.1, 0.15) is 13.2 Å². The Morgan fingerprint density at radius 1 is 0.827 bits per heavy atom. The minimum atomic E-state index is -0.558.